The van der Waals surface area contributed by atoms with E-state index in [4.69, 9.17) is 9.26 Å². The summed E-state index contributed by atoms with van der Waals surface area (Å²) in [5.41, 5.74) is 0. The van der Waals surface area contributed by atoms with Gasteiger partial charge in [0.2, 0.25) is 5.89 Å². The Morgan fingerprint density at radius 2 is 2.00 bits per heavy atom. The van der Waals surface area contributed by atoms with Crippen LogP contribution in [0.2, 0.25) is 0 Å². The van der Waals surface area contributed by atoms with Crippen molar-refractivity contribution < 1.29 is 9.26 Å². The molecule has 1 saturated carbocycles. The van der Waals surface area contributed by atoms with Gasteiger partial charge in [-0.15, -0.1) is 0 Å². The van der Waals surface area contributed by atoms with E-state index in [1.54, 1.807) is 0 Å². The van der Waals surface area contributed by atoms with Crippen molar-refractivity contribution in [3.8, 4) is 0 Å². The zero-order valence-electron chi connectivity index (χ0n) is 12.6. The molecule has 4 atom stereocenters. The van der Waals surface area contributed by atoms with E-state index in [1.165, 1.54) is 32.1 Å². The molecule has 21 heavy (non-hydrogen) atoms. The third-order valence-electron chi connectivity index (χ3n) is 5.37. The van der Waals surface area contributed by atoms with Crippen molar-refractivity contribution in [1.82, 2.24) is 15.5 Å². The molecule has 0 spiro atoms. The second kappa shape index (κ2) is 6.05. The van der Waals surface area contributed by atoms with Gasteiger partial charge in [0.25, 0.3) is 0 Å². The number of nitrogens with one attached hydrogen (secondary N) is 1. The summed E-state index contributed by atoms with van der Waals surface area (Å²) in [5.74, 6) is 2.46. The summed E-state index contributed by atoms with van der Waals surface area (Å²) >= 11 is 0. The summed E-state index contributed by atoms with van der Waals surface area (Å²) in [7, 11) is 0. The molecule has 3 aliphatic rings. The Labute approximate surface area is 125 Å². The third-order valence-corrected chi connectivity index (χ3v) is 5.37. The van der Waals surface area contributed by atoms with Gasteiger partial charge in [0.05, 0.1) is 12.1 Å². The molecule has 2 aliphatic heterocycles. The Morgan fingerprint density at radius 1 is 1.05 bits per heavy atom. The number of ether oxygens (including phenoxy) is 1. The normalized spacial score (nSPS) is 36.6. The largest absolute Gasteiger partial charge is 0.378 e. The number of nitrogens with zero attached hydrogens (tertiary/aromatic N) is 2. The fraction of sp³-hybridized carbons (Fsp3) is 0.875. The molecule has 4 rings (SSSR count). The lowest BCUT2D eigenvalue weighted by atomic mass is 9.78. The first-order chi connectivity index (χ1) is 10.4. The van der Waals surface area contributed by atoms with Gasteiger partial charge < -0.3 is 14.6 Å². The maximum Gasteiger partial charge on any atom is 0.243 e. The second-order valence-electron chi connectivity index (χ2n) is 6.84. The minimum Gasteiger partial charge on any atom is -0.378 e. The summed E-state index contributed by atoms with van der Waals surface area (Å²) in [6, 6.07) is 0.918. The second-order valence-corrected chi connectivity index (χ2v) is 6.84. The van der Waals surface area contributed by atoms with E-state index in [0.717, 1.165) is 49.9 Å². The molecule has 0 bridgehead atoms. The molecule has 3 heterocycles. The summed E-state index contributed by atoms with van der Waals surface area (Å²) in [6.45, 7) is 0.878. The van der Waals surface area contributed by atoms with Gasteiger partial charge in [-0.3, -0.25) is 0 Å². The van der Waals surface area contributed by atoms with Gasteiger partial charge in [-0.2, -0.15) is 4.98 Å². The molecule has 3 fully saturated rings. The molecule has 0 aromatic carbocycles. The third kappa shape index (κ3) is 2.99. The van der Waals surface area contributed by atoms with Crippen molar-refractivity contribution in [2.45, 2.75) is 76.0 Å². The minimum absolute atomic E-state index is 0.259. The van der Waals surface area contributed by atoms with Gasteiger partial charge in [-0.05, 0) is 44.4 Å². The number of piperidine rings is 1. The van der Waals surface area contributed by atoms with Crippen LogP contribution in [0, 0.1) is 5.92 Å². The lowest BCUT2D eigenvalue weighted by molar-refractivity contribution is 0.109. The van der Waals surface area contributed by atoms with E-state index in [-0.39, 0.29) is 12.1 Å². The average Bonchev–Trinajstić information content (AvgIpc) is 3.19. The van der Waals surface area contributed by atoms with Gasteiger partial charge in [0.15, 0.2) is 5.82 Å². The molecule has 5 nitrogen and oxygen atoms in total. The quantitative estimate of drug-likeness (QED) is 0.928. The lowest BCUT2D eigenvalue weighted by Crippen LogP contribution is -2.44. The molecule has 5 heteroatoms. The molecule has 1 aromatic heterocycles. The summed E-state index contributed by atoms with van der Waals surface area (Å²) in [5, 5.41) is 7.90. The van der Waals surface area contributed by atoms with Crippen molar-refractivity contribution >= 4 is 0 Å². The molecule has 0 amide bonds. The number of hydrogen-bond acceptors (Lipinski definition) is 5. The smallest absolute Gasteiger partial charge is 0.243 e. The maximum absolute atomic E-state index is 5.64. The van der Waals surface area contributed by atoms with Gasteiger partial charge in [0.1, 0.15) is 0 Å². The Bertz CT molecular complexity index is 470. The minimum atomic E-state index is 0.259. The molecule has 2 saturated heterocycles. The first-order valence-electron chi connectivity index (χ1n) is 8.58. The number of fused-ring (bicyclic) bond motifs is 1. The van der Waals surface area contributed by atoms with E-state index in [9.17, 15) is 0 Å². The van der Waals surface area contributed by atoms with Crippen LogP contribution < -0.4 is 5.32 Å². The van der Waals surface area contributed by atoms with Crippen LogP contribution in [0.4, 0.5) is 0 Å². The highest BCUT2D eigenvalue weighted by atomic mass is 16.5. The monoisotopic (exact) mass is 291 g/mol. The molecule has 1 aromatic rings. The highest BCUT2D eigenvalue weighted by molar-refractivity contribution is 4.99. The Balaban J connectivity index is 1.38. The Hall–Kier alpha value is -0.940. The van der Waals surface area contributed by atoms with E-state index in [0.29, 0.717) is 6.04 Å². The molecular formula is C16H25N3O2. The highest BCUT2D eigenvalue weighted by Crippen LogP contribution is 2.36. The van der Waals surface area contributed by atoms with E-state index in [1.807, 2.05) is 0 Å². The Kier molecular flexibility index (Phi) is 3.95. The predicted molar refractivity (Wildman–Crippen MR) is 77.8 cm³/mol. The number of hydrogen-bond donors (Lipinski definition) is 1. The SMILES string of the molecule is C1COC(Cc2noc(C3CCC4CCCCC4N3)n2)C1. The standard InChI is InChI=1S/C16H25N3O2/c1-2-6-13-11(4-1)7-8-14(17-13)16-18-15(19-21-16)10-12-5-3-9-20-12/h11-14,17H,1-10H2. The highest BCUT2D eigenvalue weighted by Gasteiger charge is 2.34. The molecule has 1 N–H and O–H groups in total. The average molecular weight is 291 g/mol. The van der Waals surface area contributed by atoms with Crippen molar-refractivity contribution in [3.63, 3.8) is 0 Å². The molecular weight excluding hydrogens is 266 g/mol. The molecule has 0 radical (unpaired) electrons. The Morgan fingerprint density at radius 3 is 2.90 bits per heavy atom. The molecule has 1 aliphatic carbocycles. The van der Waals surface area contributed by atoms with Crippen LogP contribution in [0.25, 0.3) is 0 Å². The summed E-state index contributed by atoms with van der Waals surface area (Å²) in [4.78, 5) is 4.61. The zero-order valence-corrected chi connectivity index (χ0v) is 12.6. The van der Waals surface area contributed by atoms with Crippen LogP contribution in [-0.2, 0) is 11.2 Å². The van der Waals surface area contributed by atoms with Crippen molar-refractivity contribution in [1.29, 1.82) is 0 Å². The topological polar surface area (TPSA) is 60.2 Å². The first kappa shape index (κ1) is 13.7. The van der Waals surface area contributed by atoms with Crippen LogP contribution in [0.5, 0.6) is 0 Å². The van der Waals surface area contributed by atoms with Gasteiger partial charge >= 0.3 is 0 Å². The number of rotatable bonds is 3. The predicted octanol–water partition coefficient (Wildman–Crippen LogP) is 2.77. The molecule has 4 unspecified atom stereocenters. The van der Waals surface area contributed by atoms with Crippen LogP contribution >= 0.6 is 0 Å². The summed E-state index contributed by atoms with van der Waals surface area (Å²) < 4.78 is 11.2. The van der Waals surface area contributed by atoms with Gasteiger partial charge in [-0.25, -0.2) is 0 Å². The van der Waals surface area contributed by atoms with Gasteiger partial charge in [-0.1, -0.05) is 18.0 Å². The summed E-state index contributed by atoms with van der Waals surface area (Å²) in [6.07, 6.45) is 11.2. The van der Waals surface area contributed by atoms with Crippen LogP contribution in [0.1, 0.15) is 69.1 Å². The fourth-order valence-corrected chi connectivity index (χ4v) is 4.19. The molecule has 116 valence electrons. The fourth-order valence-electron chi connectivity index (χ4n) is 4.19. The van der Waals surface area contributed by atoms with E-state index >= 15 is 0 Å². The van der Waals surface area contributed by atoms with Crippen molar-refractivity contribution in [3.05, 3.63) is 11.7 Å². The lowest BCUT2D eigenvalue weighted by Gasteiger charge is -2.39. The maximum atomic E-state index is 5.64. The zero-order chi connectivity index (χ0) is 14.1. The van der Waals surface area contributed by atoms with Crippen LogP contribution in [-0.4, -0.2) is 28.9 Å². The van der Waals surface area contributed by atoms with Crippen LogP contribution in [0.3, 0.4) is 0 Å². The van der Waals surface area contributed by atoms with E-state index in [2.05, 4.69) is 15.5 Å². The van der Waals surface area contributed by atoms with Crippen molar-refractivity contribution in [2.24, 2.45) is 5.92 Å². The van der Waals surface area contributed by atoms with Crippen LogP contribution in [0.15, 0.2) is 4.52 Å². The first-order valence-corrected chi connectivity index (χ1v) is 8.58. The van der Waals surface area contributed by atoms with Gasteiger partial charge in [0, 0.05) is 19.1 Å². The number of aromatic nitrogens is 2. The van der Waals surface area contributed by atoms with E-state index < -0.39 is 0 Å². The van der Waals surface area contributed by atoms with Crippen molar-refractivity contribution in [2.75, 3.05) is 6.61 Å².